The lowest BCUT2D eigenvalue weighted by Crippen LogP contribution is -2.27. The van der Waals surface area contributed by atoms with Crippen LogP contribution in [-0.2, 0) is 6.42 Å². The van der Waals surface area contributed by atoms with Crippen LogP contribution in [0.1, 0.15) is 39.2 Å². The van der Waals surface area contributed by atoms with Gasteiger partial charge in [-0.05, 0) is 38.3 Å². The summed E-state index contributed by atoms with van der Waals surface area (Å²) in [6, 6.07) is 5.34. The maximum atomic E-state index is 14.1. The molecule has 18 heavy (non-hydrogen) atoms. The molecule has 0 heterocycles. The maximum absolute atomic E-state index is 14.1. The van der Waals surface area contributed by atoms with Gasteiger partial charge in [0.2, 0.25) is 0 Å². The fraction of sp³-hybridized carbons (Fsp3) is 0.600. The van der Waals surface area contributed by atoms with Crippen LogP contribution < -0.4 is 10.6 Å². The number of rotatable bonds is 7. The van der Waals surface area contributed by atoms with Gasteiger partial charge in [-0.1, -0.05) is 25.5 Å². The predicted octanol–water partition coefficient (Wildman–Crippen LogP) is 3.34. The van der Waals surface area contributed by atoms with E-state index in [1.165, 1.54) is 6.07 Å². The van der Waals surface area contributed by atoms with Crippen molar-refractivity contribution in [3.8, 4) is 0 Å². The van der Waals surface area contributed by atoms with Crippen LogP contribution in [0.5, 0.6) is 0 Å². The van der Waals surface area contributed by atoms with E-state index in [-0.39, 0.29) is 11.9 Å². The minimum atomic E-state index is -0.133. The summed E-state index contributed by atoms with van der Waals surface area (Å²) in [5.74, 6) is -0.133. The Morgan fingerprint density at radius 1 is 1.33 bits per heavy atom. The van der Waals surface area contributed by atoms with Gasteiger partial charge >= 0.3 is 0 Å². The van der Waals surface area contributed by atoms with Crippen LogP contribution in [0, 0.1) is 5.82 Å². The van der Waals surface area contributed by atoms with Crippen molar-refractivity contribution in [1.82, 2.24) is 0 Å². The van der Waals surface area contributed by atoms with Gasteiger partial charge in [0.1, 0.15) is 5.82 Å². The molecule has 2 N–H and O–H groups in total. The summed E-state index contributed by atoms with van der Waals surface area (Å²) in [6.45, 7) is 7.90. The summed E-state index contributed by atoms with van der Waals surface area (Å²) < 4.78 is 14.1. The van der Waals surface area contributed by atoms with Crippen LogP contribution in [-0.4, -0.2) is 19.1 Å². The molecule has 0 spiro atoms. The number of hydrogen-bond acceptors (Lipinski definition) is 2. The molecule has 102 valence electrons. The van der Waals surface area contributed by atoms with Gasteiger partial charge in [0.15, 0.2) is 0 Å². The topological polar surface area (TPSA) is 29.3 Å². The zero-order valence-corrected chi connectivity index (χ0v) is 11.7. The first-order valence-corrected chi connectivity index (χ1v) is 6.88. The highest BCUT2D eigenvalue weighted by Gasteiger charge is 2.15. The number of hydrogen-bond donors (Lipinski definition) is 1. The Balaban J connectivity index is 3.02. The molecule has 3 heteroatoms. The van der Waals surface area contributed by atoms with Gasteiger partial charge in [0.05, 0.1) is 5.69 Å². The van der Waals surface area contributed by atoms with E-state index in [4.69, 9.17) is 5.73 Å². The van der Waals surface area contributed by atoms with Crippen molar-refractivity contribution in [1.29, 1.82) is 0 Å². The molecule has 0 amide bonds. The number of unbranched alkanes of at least 4 members (excludes halogenated alkanes) is 1. The maximum Gasteiger partial charge on any atom is 0.146 e. The average Bonchev–Trinajstić information content (AvgIpc) is 2.32. The average molecular weight is 252 g/mol. The van der Waals surface area contributed by atoms with Crippen molar-refractivity contribution < 1.29 is 4.39 Å². The first-order chi connectivity index (χ1) is 8.60. The van der Waals surface area contributed by atoms with E-state index < -0.39 is 0 Å². The SMILES string of the molecule is CCCCN(CC)c1c(F)cccc1CC(C)N. The van der Waals surface area contributed by atoms with Crippen LogP contribution in [0.4, 0.5) is 10.1 Å². The number of halogens is 1. The summed E-state index contributed by atoms with van der Waals surface area (Å²) in [5, 5.41) is 0. The molecule has 1 aromatic carbocycles. The molecule has 0 radical (unpaired) electrons. The molecule has 0 saturated heterocycles. The van der Waals surface area contributed by atoms with Crippen molar-refractivity contribution in [2.75, 3.05) is 18.0 Å². The van der Waals surface area contributed by atoms with Crippen LogP contribution in [0.25, 0.3) is 0 Å². The molecule has 1 aromatic rings. The van der Waals surface area contributed by atoms with Gasteiger partial charge in [-0.2, -0.15) is 0 Å². The van der Waals surface area contributed by atoms with Crippen molar-refractivity contribution >= 4 is 5.69 Å². The third-order valence-corrected chi connectivity index (χ3v) is 3.09. The third-order valence-electron chi connectivity index (χ3n) is 3.09. The van der Waals surface area contributed by atoms with Gasteiger partial charge in [0.25, 0.3) is 0 Å². The van der Waals surface area contributed by atoms with Gasteiger partial charge in [-0.3, -0.25) is 0 Å². The lowest BCUT2D eigenvalue weighted by atomic mass is 10.0. The monoisotopic (exact) mass is 252 g/mol. The van der Waals surface area contributed by atoms with Crippen molar-refractivity contribution in [2.24, 2.45) is 5.73 Å². The summed E-state index contributed by atoms with van der Waals surface area (Å²) in [5.41, 5.74) is 7.60. The van der Waals surface area contributed by atoms with Crippen LogP contribution in [0.3, 0.4) is 0 Å². The molecule has 0 aliphatic heterocycles. The number of nitrogens with zero attached hydrogens (tertiary/aromatic N) is 1. The van der Waals surface area contributed by atoms with E-state index in [0.717, 1.165) is 43.6 Å². The third kappa shape index (κ3) is 3.98. The summed E-state index contributed by atoms with van der Waals surface area (Å²) in [7, 11) is 0. The summed E-state index contributed by atoms with van der Waals surface area (Å²) >= 11 is 0. The second-order valence-corrected chi connectivity index (χ2v) is 4.86. The Bertz CT molecular complexity index is 364. The molecule has 0 saturated carbocycles. The van der Waals surface area contributed by atoms with E-state index >= 15 is 0 Å². The second-order valence-electron chi connectivity index (χ2n) is 4.86. The largest absolute Gasteiger partial charge is 0.369 e. The molecule has 0 fully saturated rings. The molecule has 0 bridgehead atoms. The Labute approximate surface area is 110 Å². The van der Waals surface area contributed by atoms with E-state index in [2.05, 4.69) is 18.7 Å². The fourth-order valence-corrected chi connectivity index (χ4v) is 2.20. The smallest absolute Gasteiger partial charge is 0.146 e. The Kier molecular flexibility index (Phi) is 6.13. The molecule has 2 nitrogen and oxygen atoms in total. The van der Waals surface area contributed by atoms with Crippen molar-refractivity contribution in [3.63, 3.8) is 0 Å². The first kappa shape index (κ1) is 15.0. The minimum Gasteiger partial charge on any atom is -0.369 e. The predicted molar refractivity (Wildman–Crippen MR) is 76.5 cm³/mol. The fourth-order valence-electron chi connectivity index (χ4n) is 2.20. The molecule has 0 aromatic heterocycles. The van der Waals surface area contributed by atoms with Gasteiger partial charge in [-0.15, -0.1) is 0 Å². The lowest BCUT2D eigenvalue weighted by Gasteiger charge is -2.26. The highest BCUT2D eigenvalue weighted by Crippen LogP contribution is 2.25. The van der Waals surface area contributed by atoms with Crippen LogP contribution in [0.15, 0.2) is 18.2 Å². The number of anilines is 1. The molecule has 0 aliphatic carbocycles. The summed E-state index contributed by atoms with van der Waals surface area (Å²) in [4.78, 5) is 2.12. The Hall–Kier alpha value is -1.09. The van der Waals surface area contributed by atoms with Gasteiger partial charge in [0, 0.05) is 19.1 Å². The molecule has 0 aliphatic rings. The standard InChI is InChI=1S/C15H25FN2/c1-4-6-10-18(5-2)15-13(11-12(3)17)8-7-9-14(15)16/h7-9,12H,4-6,10-11,17H2,1-3H3. The van der Waals surface area contributed by atoms with Crippen molar-refractivity contribution in [2.45, 2.75) is 46.1 Å². The van der Waals surface area contributed by atoms with E-state index in [1.54, 1.807) is 6.07 Å². The number of para-hydroxylation sites is 1. The first-order valence-electron chi connectivity index (χ1n) is 6.88. The zero-order chi connectivity index (χ0) is 13.5. The molecular formula is C15H25FN2. The normalized spacial score (nSPS) is 12.5. The Morgan fingerprint density at radius 3 is 2.61 bits per heavy atom. The second kappa shape index (κ2) is 7.37. The van der Waals surface area contributed by atoms with E-state index in [1.807, 2.05) is 13.0 Å². The minimum absolute atomic E-state index is 0.0513. The number of nitrogens with two attached hydrogens (primary N) is 1. The molecule has 1 rings (SSSR count). The molecular weight excluding hydrogens is 227 g/mol. The van der Waals surface area contributed by atoms with Gasteiger partial charge < -0.3 is 10.6 Å². The molecule has 1 unspecified atom stereocenters. The quantitative estimate of drug-likeness (QED) is 0.806. The van der Waals surface area contributed by atoms with Crippen LogP contribution in [0.2, 0.25) is 0 Å². The highest BCUT2D eigenvalue weighted by molar-refractivity contribution is 5.55. The molecule has 1 atom stereocenters. The highest BCUT2D eigenvalue weighted by atomic mass is 19.1. The Morgan fingerprint density at radius 2 is 2.06 bits per heavy atom. The zero-order valence-electron chi connectivity index (χ0n) is 11.7. The van der Waals surface area contributed by atoms with E-state index in [0.29, 0.717) is 0 Å². The van der Waals surface area contributed by atoms with Crippen molar-refractivity contribution in [3.05, 3.63) is 29.6 Å². The van der Waals surface area contributed by atoms with E-state index in [9.17, 15) is 4.39 Å². The lowest BCUT2D eigenvalue weighted by molar-refractivity contribution is 0.608. The van der Waals surface area contributed by atoms with Crippen LogP contribution >= 0.6 is 0 Å². The van der Waals surface area contributed by atoms with Gasteiger partial charge in [-0.25, -0.2) is 4.39 Å². The summed E-state index contributed by atoms with van der Waals surface area (Å²) in [6.07, 6.45) is 2.92. The number of benzene rings is 1.